The van der Waals surface area contributed by atoms with Gasteiger partial charge in [-0.05, 0) is 12.1 Å². The van der Waals surface area contributed by atoms with Gasteiger partial charge in [-0.25, -0.2) is 0 Å². The van der Waals surface area contributed by atoms with Crippen molar-refractivity contribution in [1.29, 1.82) is 5.26 Å². The van der Waals surface area contributed by atoms with Crippen LogP contribution in [0.3, 0.4) is 0 Å². The SMILES string of the molecule is N#CCSc1nc(=O)cc(N)n1Cc1ccco1. The molecule has 0 atom stereocenters. The van der Waals surface area contributed by atoms with E-state index in [-0.39, 0.29) is 5.75 Å². The second kappa shape index (κ2) is 5.42. The highest BCUT2D eigenvalue weighted by atomic mass is 32.2. The zero-order chi connectivity index (χ0) is 13.0. The van der Waals surface area contributed by atoms with Crippen molar-refractivity contribution < 1.29 is 4.42 Å². The van der Waals surface area contributed by atoms with Crippen molar-refractivity contribution in [3.8, 4) is 6.07 Å². The van der Waals surface area contributed by atoms with Gasteiger partial charge in [0.15, 0.2) is 5.16 Å². The number of nitrogens with two attached hydrogens (primary N) is 1. The van der Waals surface area contributed by atoms with Crippen molar-refractivity contribution in [2.75, 3.05) is 11.5 Å². The highest BCUT2D eigenvalue weighted by Gasteiger charge is 2.09. The fraction of sp³-hybridized carbons (Fsp3) is 0.182. The van der Waals surface area contributed by atoms with Crippen molar-refractivity contribution in [2.45, 2.75) is 11.7 Å². The summed E-state index contributed by atoms with van der Waals surface area (Å²) in [5, 5.41) is 8.99. The molecule has 7 heteroatoms. The summed E-state index contributed by atoms with van der Waals surface area (Å²) in [4.78, 5) is 15.2. The molecule has 2 N–H and O–H groups in total. The molecule has 0 aromatic carbocycles. The Kier molecular flexibility index (Phi) is 3.69. The summed E-state index contributed by atoms with van der Waals surface area (Å²) >= 11 is 1.17. The number of nitrogen functional groups attached to an aromatic ring is 1. The molecule has 0 aliphatic heterocycles. The van der Waals surface area contributed by atoms with E-state index >= 15 is 0 Å². The van der Waals surface area contributed by atoms with Crippen LogP contribution >= 0.6 is 11.8 Å². The van der Waals surface area contributed by atoms with E-state index in [0.717, 1.165) is 0 Å². The zero-order valence-electron chi connectivity index (χ0n) is 9.37. The number of aromatic nitrogens is 2. The number of furan rings is 1. The smallest absolute Gasteiger partial charge is 0.275 e. The molecule has 18 heavy (non-hydrogen) atoms. The lowest BCUT2D eigenvalue weighted by atomic mass is 10.4. The number of thioether (sulfide) groups is 1. The minimum absolute atomic E-state index is 0.202. The van der Waals surface area contributed by atoms with E-state index in [4.69, 9.17) is 15.4 Å². The molecule has 2 heterocycles. The molecular formula is C11H10N4O2S. The van der Waals surface area contributed by atoms with E-state index < -0.39 is 5.56 Å². The van der Waals surface area contributed by atoms with Gasteiger partial charge in [0.2, 0.25) is 0 Å². The summed E-state index contributed by atoms with van der Waals surface area (Å²) in [7, 11) is 0. The molecule has 92 valence electrons. The lowest BCUT2D eigenvalue weighted by molar-refractivity contribution is 0.481. The normalized spacial score (nSPS) is 10.2. The van der Waals surface area contributed by atoms with Crippen molar-refractivity contribution in [2.24, 2.45) is 0 Å². The topological polar surface area (TPSA) is 97.8 Å². The Labute approximate surface area is 107 Å². The maximum Gasteiger partial charge on any atom is 0.275 e. The van der Waals surface area contributed by atoms with Gasteiger partial charge in [0.1, 0.15) is 11.6 Å². The Morgan fingerprint density at radius 1 is 1.61 bits per heavy atom. The minimum atomic E-state index is -0.413. The Morgan fingerprint density at radius 2 is 2.44 bits per heavy atom. The number of anilines is 1. The molecule has 0 fully saturated rings. The Hall–Kier alpha value is -2.20. The monoisotopic (exact) mass is 262 g/mol. The summed E-state index contributed by atoms with van der Waals surface area (Å²) < 4.78 is 6.87. The minimum Gasteiger partial charge on any atom is -0.467 e. The number of nitriles is 1. The molecule has 0 bridgehead atoms. The summed E-state index contributed by atoms with van der Waals surface area (Å²) in [6, 6.07) is 6.80. The first-order valence-electron chi connectivity index (χ1n) is 5.10. The van der Waals surface area contributed by atoms with Gasteiger partial charge in [0.25, 0.3) is 5.56 Å². The molecule has 6 nitrogen and oxygen atoms in total. The molecule has 0 unspecified atom stereocenters. The number of rotatable bonds is 4. The van der Waals surface area contributed by atoms with E-state index in [1.54, 1.807) is 23.0 Å². The highest BCUT2D eigenvalue weighted by Crippen LogP contribution is 2.18. The van der Waals surface area contributed by atoms with Gasteiger partial charge in [0.05, 0.1) is 24.6 Å². The molecule has 0 saturated heterocycles. The van der Waals surface area contributed by atoms with Crippen molar-refractivity contribution in [3.05, 3.63) is 40.6 Å². The van der Waals surface area contributed by atoms with E-state index in [0.29, 0.717) is 23.3 Å². The molecule has 0 aliphatic rings. The third-order valence-electron chi connectivity index (χ3n) is 2.18. The first kappa shape index (κ1) is 12.3. The van der Waals surface area contributed by atoms with Crippen molar-refractivity contribution >= 4 is 17.6 Å². The average Bonchev–Trinajstić information content (AvgIpc) is 2.83. The van der Waals surface area contributed by atoms with Crippen molar-refractivity contribution in [3.63, 3.8) is 0 Å². The molecule has 0 radical (unpaired) electrons. The number of hydrogen-bond acceptors (Lipinski definition) is 6. The van der Waals surface area contributed by atoms with Crippen LogP contribution in [0.15, 0.2) is 38.8 Å². The molecule has 0 saturated carbocycles. The summed E-state index contributed by atoms with van der Waals surface area (Å²) in [5.74, 6) is 1.20. The molecule has 0 aliphatic carbocycles. The molecule has 2 rings (SSSR count). The maximum absolute atomic E-state index is 11.3. The Bertz CT molecular complexity index is 627. The van der Waals surface area contributed by atoms with Gasteiger partial charge in [-0.1, -0.05) is 11.8 Å². The van der Waals surface area contributed by atoms with Gasteiger partial charge < -0.3 is 10.2 Å². The van der Waals surface area contributed by atoms with Crippen LogP contribution in [-0.4, -0.2) is 15.3 Å². The van der Waals surface area contributed by atoms with Crippen LogP contribution in [0.5, 0.6) is 0 Å². The van der Waals surface area contributed by atoms with Gasteiger partial charge in [-0.15, -0.1) is 0 Å². The Morgan fingerprint density at radius 3 is 3.11 bits per heavy atom. The van der Waals surface area contributed by atoms with Gasteiger partial charge in [0, 0.05) is 6.07 Å². The molecule has 0 spiro atoms. The van der Waals surface area contributed by atoms with Crippen LogP contribution in [0.2, 0.25) is 0 Å². The standard InChI is InChI=1S/C11H10N4O2S/c12-3-5-18-11-14-10(16)6-9(13)15(11)7-8-2-1-4-17-8/h1-2,4,6H,5,7,13H2. The summed E-state index contributed by atoms with van der Waals surface area (Å²) in [6.07, 6.45) is 1.56. The summed E-state index contributed by atoms with van der Waals surface area (Å²) in [6.45, 7) is 0.375. The van der Waals surface area contributed by atoms with Crippen LogP contribution in [0, 0.1) is 11.3 Å². The van der Waals surface area contributed by atoms with Crippen molar-refractivity contribution in [1.82, 2.24) is 9.55 Å². The van der Waals surface area contributed by atoms with Crippen LogP contribution in [0.25, 0.3) is 0 Å². The third kappa shape index (κ3) is 2.73. The van der Waals surface area contributed by atoms with E-state index in [1.807, 2.05) is 6.07 Å². The van der Waals surface area contributed by atoms with E-state index in [1.165, 1.54) is 17.8 Å². The van der Waals surface area contributed by atoms with Crippen LogP contribution in [0.4, 0.5) is 5.82 Å². The second-order valence-corrected chi connectivity index (χ2v) is 4.36. The van der Waals surface area contributed by atoms with Gasteiger partial charge in [-0.2, -0.15) is 10.2 Å². The van der Waals surface area contributed by atoms with Crippen LogP contribution in [-0.2, 0) is 6.54 Å². The highest BCUT2D eigenvalue weighted by molar-refractivity contribution is 7.99. The second-order valence-electron chi connectivity index (χ2n) is 3.41. The first-order valence-corrected chi connectivity index (χ1v) is 6.09. The molecular weight excluding hydrogens is 252 g/mol. The predicted octanol–water partition coefficient (Wildman–Crippen LogP) is 1.08. The van der Waals surface area contributed by atoms with E-state index in [9.17, 15) is 4.79 Å². The number of nitrogens with zero attached hydrogens (tertiary/aromatic N) is 3. The zero-order valence-corrected chi connectivity index (χ0v) is 10.2. The molecule has 2 aromatic heterocycles. The average molecular weight is 262 g/mol. The molecule has 0 amide bonds. The quantitative estimate of drug-likeness (QED) is 0.654. The van der Waals surface area contributed by atoms with Crippen LogP contribution < -0.4 is 11.3 Å². The van der Waals surface area contributed by atoms with Crippen LogP contribution in [0.1, 0.15) is 5.76 Å². The first-order chi connectivity index (χ1) is 8.70. The largest absolute Gasteiger partial charge is 0.467 e. The fourth-order valence-corrected chi connectivity index (χ4v) is 2.10. The molecule has 2 aromatic rings. The Balaban J connectivity index is 2.37. The fourth-order valence-electron chi connectivity index (χ4n) is 1.43. The van der Waals surface area contributed by atoms with E-state index in [2.05, 4.69) is 4.98 Å². The lowest BCUT2D eigenvalue weighted by Crippen LogP contribution is -2.18. The van der Waals surface area contributed by atoms with Gasteiger partial charge >= 0.3 is 0 Å². The maximum atomic E-state index is 11.3. The third-order valence-corrected chi connectivity index (χ3v) is 3.02. The number of hydrogen-bond donors (Lipinski definition) is 1. The summed E-state index contributed by atoms with van der Waals surface area (Å²) in [5.41, 5.74) is 5.38. The van der Waals surface area contributed by atoms with Gasteiger partial charge in [-0.3, -0.25) is 9.36 Å². The predicted molar refractivity (Wildman–Crippen MR) is 67.1 cm³/mol. The lowest BCUT2D eigenvalue weighted by Gasteiger charge is -2.12.